The van der Waals surface area contributed by atoms with E-state index < -0.39 is 5.97 Å². The van der Waals surface area contributed by atoms with Gasteiger partial charge in [-0.15, -0.1) is 0 Å². The van der Waals surface area contributed by atoms with Gasteiger partial charge in [0.1, 0.15) is 6.33 Å². The molecule has 0 amide bonds. The van der Waals surface area contributed by atoms with Crippen LogP contribution < -0.4 is 5.73 Å². The van der Waals surface area contributed by atoms with Gasteiger partial charge in [-0.05, 0) is 13.8 Å². The lowest BCUT2D eigenvalue weighted by atomic mass is 10.4. The lowest BCUT2D eigenvalue weighted by Gasteiger charge is -2.00. The molecule has 0 aliphatic rings. The van der Waals surface area contributed by atoms with Crippen molar-refractivity contribution in [2.24, 2.45) is 0 Å². The molecule has 0 spiro atoms. The van der Waals surface area contributed by atoms with Crippen LogP contribution in [0.5, 0.6) is 0 Å². The Morgan fingerprint density at radius 2 is 2.28 bits per heavy atom. The van der Waals surface area contributed by atoms with Gasteiger partial charge in [0.25, 0.3) is 0 Å². The molecule has 94 valence electrons. The maximum Gasteiger partial charge on any atom is 0.361 e. The standard InChI is InChI=1S/C11H13N5O2/c1-3-18-11(17)10-8(12)5-16(15-10)9-4-7(2)13-6-14-9/h4-6H,3,12H2,1-2H3. The van der Waals surface area contributed by atoms with E-state index in [1.165, 1.54) is 17.2 Å². The normalized spacial score (nSPS) is 10.3. The number of aromatic nitrogens is 4. The van der Waals surface area contributed by atoms with Crippen LogP contribution in [0.4, 0.5) is 5.69 Å². The highest BCUT2D eigenvalue weighted by Crippen LogP contribution is 2.14. The minimum atomic E-state index is -0.542. The largest absolute Gasteiger partial charge is 0.461 e. The Morgan fingerprint density at radius 3 is 2.94 bits per heavy atom. The van der Waals surface area contributed by atoms with Crippen LogP contribution in [0.3, 0.4) is 0 Å². The first kappa shape index (κ1) is 12.0. The summed E-state index contributed by atoms with van der Waals surface area (Å²) in [6, 6.07) is 1.74. The van der Waals surface area contributed by atoms with Crippen LogP contribution in [-0.4, -0.2) is 32.3 Å². The molecule has 0 saturated heterocycles. The van der Waals surface area contributed by atoms with E-state index in [0.717, 1.165) is 5.69 Å². The number of aryl methyl sites for hydroxylation is 1. The average molecular weight is 247 g/mol. The Hall–Kier alpha value is -2.44. The van der Waals surface area contributed by atoms with Crippen molar-refractivity contribution in [1.82, 2.24) is 19.7 Å². The van der Waals surface area contributed by atoms with E-state index in [1.807, 2.05) is 6.92 Å². The van der Waals surface area contributed by atoms with E-state index in [4.69, 9.17) is 10.5 Å². The van der Waals surface area contributed by atoms with Crippen molar-refractivity contribution in [3.05, 3.63) is 30.0 Å². The zero-order chi connectivity index (χ0) is 13.1. The highest BCUT2D eigenvalue weighted by molar-refractivity contribution is 5.92. The minimum absolute atomic E-state index is 0.0908. The van der Waals surface area contributed by atoms with Gasteiger partial charge in [0.05, 0.1) is 18.5 Å². The fourth-order valence-corrected chi connectivity index (χ4v) is 1.43. The number of hydrogen-bond acceptors (Lipinski definition) is 6. The molecule has 2 heterocycles. The van der Waals surface area contributed by atoms with E-state index in [9.17, 15) is 4.79 Å². The van der Waals surface area contributed by atoms with Gasteiger partial charge in [-0.1, -0.05) is 0 Å². The summed E-state index contributed by atoms with van der Waals surface area (Å²) in [5.74, 6) is 0.00396. The monoisotopic (exact) mass is 247 g/mol. The quantitative estimate of drug-likeness (QED) is 0.803. The molecule has 0 aliphatic heterocycles. The number of anilines is 1. The summed E-state index contributed by atoms with van der Waals surface area (Å²) in [6.45, 7) is 3.83. The Kier molecular flexibility index (Phi) is 3.22. The number of carbonyl (C=O) groups is 1. The van der Waals surface area contributed by atoms with E-state index in [-0.39, 0.29) is 18.0 Å². The summed E-state index contributed by atoms with van der Waals surface area (Å²) < 4.78 is 6.28. The van der Waals surface area contributed by atoms with E-state index in [0.29, 0.717) is 5.82 Å². The van der Waals surface area contributed by atoms with Crippen molar-refractivity contribution in [2.45, 2.75) is 13.8 Å². The summed E-state index contributed by atoms with van der Waals surface area (Å²) in [5, 5.41) is 4.07. The maximum absolute atomic E-state index is 11.6. The van der Waals surface area contributed by atoms with E-state index >= 15 is 0 Å². The fourth-order valence-electron chi connectivity index (χ4n) is 1.43. The van der Waals surface area contributed by atoms with Crippen LogP contribution in [0.1, 0.15) is 23.1 Å². The molecular formula is C11H13N5O2. The van der Waals surface area contributed by atoms with Gasteiger partial charge in [-0.3, -0.25) is 0 Å². The number of nitrogens with zero attached hydrogens (tertiary/aromatic N) is 4. The molecule has 0 aromatic carbocycles. The Balaban J connectivity index is 2.37. The molecule has 0 atom stereocenters. The fraction of sp³-hybridized carbons (Fsp3) is 0.273. The molecule has 0 radical (unpaired) electrons. The van der Waals surface area contributed by atoms with Gasteiger partial charge in [0.15, 0.2) is 11.5 Å². The lowest BCUT2D eigenvalue weighted by molar-refractivity contribution is 0.0520. The molecule has 0 fully saturated rings. The van der Waals surface area contributed by atoms with Gasteiger partial charge >= 0.3 is 5.97 Å². The number of nitrogens with two attached hydrogens (primary N) is 1. The zero-order valence-corrected chi connectivity index (χ0v) is 10.1. The minimum Gasteiger partial charge on any atom is -0.461 e. The van der Waals surface area contributed by atoms with Crippen molar-refractivity contribution in [2.75, 3.05) is 12.3 Å². The van der Waals surface area contributed by atoms with Gasteiger partial charge < -0.3 is 10.5 Å². The van der Waals surface area contributed by atoms with Crippen molar-refractivity contribution in [1.29, 1.82) is 0 Å². The zero-order valence-electron chi connectivity index (χ0n) is 10.1. The number of esters is 1. The van der Waals surface area contributed by atoms with Crippen LogP contribution in [0.2, 0.25) is 0 Å². The summed E-state index contributed by atoms with van der Waals surface area (Å²) in [4.78, 5) is 19.6. The topological polar surface area (TPSA) is 95.9 Å². The van der Waals surface area contributed by atoms with Crippen LogP contribution >= 0.6 is 0 Å². The van der Waals surface area contributed by atoms with Gasteiger partial charge in [-0.25, -0.2) is 19.4 Å². The lowest BCUT2D eigenvalue weighted by Crippen LogP contribution is -2.08. The first-order valence-corrected chi connectivity index (χ1v) is 5.43. The predicted molar refractivity (Wildman–Crippen MR) is 64.3 cm³/mol. The van der Waals surface area contributed by atoms with Crippen molar-refractivity contribution < 1.29 is 9.53 Å². The molecule has 2 aromatic rings. The smallest absolute Gasteiger partial charge is 0.361 e. The first-order valence-electron chi connectivity index (χ1n) is 5.43. The van der Waals surface area contributed by atoms with Crippen LogP contribution in [0.25, 0.3) is 5.82 Å². The van der Waals surface area contributed by atoms with Crippen LogP contribution in [0.15, 0.2) is 18.6 Å². The molecule has 7 nitrogen and oxygen atoms in total. The summed E-state index contributed by atoms with van der Waals surface area (Å²) in [5.41, 5.74) is 6.86. The Bertz CT molecular complexity index is 579. The number of carbonyl (C=O) groups excluding carboxylic acids is 1. The molecule has 2 rings (SSSR count). The van der Waals surface area contributed by atoms with Crippen molar-refractivity contribution >= 4 is 11.7 Å². The third kappa shape index (κ3) is 2.29. The Morgan fingerprint density at radius 1 is 1.50 bits per heavy atom. The second-order valence-corrected chi connectivity index (χ2v) is 3.62. The van der Waals surface area contributed by atoms with Crippen molar-refractivity contribution in [3.63, 3.8) is 0 Å². The molecule has 0 saturated carbocycles. The summed E-state index contributed by atoms with van der Waals surface area (Å²) >= 11 is 0. The Labute approximate surface area is 104 Å². The number of nitrogen functional groups attached to an aromatic ring is 1. The van der Waals surface area contributed by atoms with Crippen molar-refractivity contribution in [3.8, 4) is 5.82 Å². The average Bonchev–Trinajstić information content (AvgIpc) is 2.72. The molecule has 18 heavy (non-hydrogen) atoms. The SMILES string of the molecule is CCOC(=O)c1nn(-c2cc(C)ncn2)cc1N. The summed E-state index contributed by atoms with van der Waals surface area (Å²) in [7, 11) is 0. The van der Waals surface area contributed by atoms with Gasteiger partial charge in [0, 0.05) is 11.8 Å². The molecule has 0 aliphatic carbocycles. The molecular weight excluding hydrogens is 234 g/mol. The second kappa shape index (κ2) is 4.82. The van der Waals surface area contributed by atoms with Gasteiger partial charge in [0.2, 0.25) is 0 Å². The second-order valence-electron chi connectivity index (χ2n) is 3.62. The maximum atomic E-state index is 11.6. The van der Waals surface area contributed by atoms with Crippen LogP contribution in [0, 0.1) is 6.92 Å². The number of ether oxygens (including phenoxy) is 1. The first-order chi connectivity index (χ1) is 8.61. The highest BCUT2D eigenvalue weighted by atomic mass is 16.5. The van der Waals surface area contributed by atoms with Gasteiger partial charge in [-0.2, -0.15) is 5.10 Å². The molecule has 0 unspecified atom stereocenters. The number of hydrogen-bond donors (Lipinski definition) is 1. The molecule has 0 bridgehead atoms. The van der Waals surface area contributed by atoms with E-state index in [2.05, 4.69) is 15.1 Å². The number of rotatable bonds is 3. The molecule has 7 heteroatoms. The third-order valence-corrected chi connectivity index (χ3v) is 2.24. The predicted octanol–water partition coefficient (Wildman–Crippen LogP) is 0.730. The van der Waals surface area contributed by atoms with Crippen LogP contribution in [-0.2, 0) is 4.74 Å². The highest BCUT2D eigenvalue weighted by Gasteiger charge is 2.16. The third-order valence-electron chi connectivity index (χ3n) is 2.24. The molecule has 2 aromatic heterocycles. The molecule has 2 N–H and O–H groups in total. The summed E-state index contributed by atoms with van der Waals surface area (Å²) in [6.07, 6.45) is 2.95. The van der Waals surface area contributed by atoms with E-state index in [1.54, 1.807) is 13.0 Å².